The number of nitrogens with one attached hydrogen (secondary N) is 1. The number of nitrogens with zero attached hydrogens (tertiary/aromatic N) is 1. The van der Waals surface area contributed by atoms with Crippen LogP contribution in [0.4, 0.5) is 0 Å². The molecule has 8 heteroatoms. The minimum atomic E-state index is -1.74. The van der Waals surface area contributed by atoms with Crippen molar-refractivity contribution < 1.29 is 24.6 Å². The average Bonchev–Trinajstić information content (AvgIpc) is 2.63. The zero-order valence-electron chi connectivity index (χ0n) is 14.4. The molecule has 0 fully saturated rings. The van der Waals surface area contributed by atoms with Crippen molar-refractivity contribution in [3.05, 3.63) is 47.5 Å². The number of carboxylic acids is 1. The third kappa shape index (κ3) is 5.34. The molecule has 2 rings (SSSR count). The van der Waals surface area contributed by atoms with Crippen LogP contribution in [0.3, 0.4) is 0 Å². The number of carbonyl (C=O) groups is 3. The van der Waals surface area contributed by atoms with E-state index in [1.807, 2.05) is 13.0 Å². The molecule has 1 aromatic carbocycles. The number of thioether (sulfide) groups is 1. The Morgan fingerprint density at radius 1 is 1.31 bits per heavy atom. The first-order chi connectivity index (χ1) is 12.4. The fourth-order valence-electron chi connectivity index (χ4n) is 2.61. The molecule has 7 nitrogen and oxygen atoms in total. The zero-order valence-corrected chi connectivity index (χ0v) is 15.2. The normalized spacial score (nSPS) is 19.1. The van der Waals surface area contributed by atoms with E-state index in [0.29, 0.717) is 6.42 Å². The van der Waals surface area contributed by atoms with E-state index in [4.69, 9.17) is 5.11 Å². The Bertz CT molecular complexity index is 679. The van der Waals surface area contributed by atoms with Crippen LogP contribution in [0.1, 0.15) is 18.9 Å². The van der Waals surface area contributed by atoms with Gasteiger partial charge in [-0.25, -0.2) is 4.79 Å². The third-order valence-electron chi connectivity index (χ3n) is 4.01. The van der Waals surface area contributed by atoms with Gasteiger partial charge in [0.2, 0.25) is 11.8 Å². The van der Waals surface area contributed by atoms with Crippen molar-refractivity contribution in [1.29, 1.82) is 0 Å². The quantitative estimate of drug-likeness (QED) is 0.623. The summed E-state index contributed by atoms with van der Waals surface area (Å²) in [6.07, 6.45) is 0.613. The van der Waals surface area contributed by atoms with Crippen LogP contribution in [-0.2, 0) is 20.8 Å². The van der Waals surface area contributed by atoms with Gasteiger partial charge in [-0.1, -0.05) is 37.3 Å². The molecule has 2 unspecified atom stereocenters. The Labute approximate surface area is 156 Å². The summed E-state index contributed by atoms with van der Waals surface area (Å²) < 4.78 is 0. The second-order valence-electron chi connectivity index (χ2n) is 5.93. The molecule has 1 aliphatic heterocycles. The standard InChI is InChI=1S/C18H22N2O5S/c1-2-14-17(23)20(8-9-26-14)11-15(21)19-13(16(22)18(24)25)10-12-6-4-3-5-7-12/h3-9,13-14,16,22H,2,10-11H2,1H3,(H,19,21)(H,24,25)/t13-,14?,16?/m0/s1. The number of rotatable bonds is 8. The molecule has 0 saturated carbocycles. The molecule has 0 aromatic heterocycles. The molecule has 0 spiro atoms. The Hall–Kier alpha value is -2.32. The molecule has 140 valence electrons. The topological polar surface area (TPSA) is 107 Å². The van der Waals surface area contributed by atoms with Crippen LogP contribution in [0.15, 0.2) is 41.9 Å². The lowest BCUT2D eigenvalue weighted by Crippen LogP contribution is -2.51. The van der Waals surface area contributed by atoms with Crippen molar-refractivity contribution in [2.24, 2.45) is 0 Å². The van der Waals surface area contributed by atoms with E-state index in [1.165, 1.54) is 16.7 Å². The molecule has 3 N–H and O–H groups in total. The molecular formula is C18H22N2O5S. The Kier molecular flexibility index (Phi) is 7.23. The number of aliphatic hydroxyl groups is 1. The van der Waals surface area contributed by atoms with Gasteiger partial charge in [0.25, 0.3) is 0 Å². The van der Waals surface area contributed by atoms with Gasteiger partial charge in [-0.3, -0.25) is 9.59 Å². The van der Waals surface area contributed by atoms with Crippen LogP contribution in [-0.4, -0.2) is 56.8 Å². The number of hydrogen-bond acceptors (Lipinski definition) is 5. The van der Waals surface area contributed by atoms with E-state index in [0.717, 1.165) is 5.56 Å². The van der Waals surface area contributed by atoms with E-state index in [2.05, 4.69) is 5.32 Å². The number of amides is 2. The van der Waals surface area contributed by atoms with Crippen molar-refractivity contribution in [3.8, 4) is 0 Å². The number of aliphatic carboxylic acids is 1. The predicted molar refractivity (Wildman–Crippen MR) is 98.2 cm³/mol. The van der Waals surface area contributed by atoms with Gasteiger partial charge in [0.1, 0.15) is 6.54 Å². The smallest absolute Gasteiger partial charge is 0.334 e. The SMILES string of the molecule is CCC1SC=CN(CC(=O)N[C@@H](Cc2ccccc2)C(O)C(=O)O)C1=O. The monoisotopic (exact) mass is 378 g/mol. The van der Waals surface area contributed by atoms with Crippen LogP contribution in [0.25, 0.3) is 0 Å². The van der Waals surface area contributed by atoms with Gasteiger partial charge in [-0.2, -0.15) is 0 Å². The molecule has 0 bridgehead atoms. The summed E-state index contributed by atoms with van der Waals surface area (Å²) in [5.41, 5.74) is 0.787. The summed E-state index contributed by atoms with van der Waals surface area (Å²) in [5, 5.41) is 23.1. The maximum atomic E-state index is 12.3. The summed E-state index contributed by atoms with van der Waals surface area (Å²) in [7, 11) is 0. The van der Waals surface area contributed by atoms with Crippen LogP contribution in [0, 0.1) is 0 Å². The van der Waals surface area contributed by atoms with Gasteiger partial charge in [0.05, 0.1) is 11.3 Å². The molecule has 1 aromatic rings. The lowest BCUT2D eigenvalue weighted by molar-refractivity contribution is -0.148. The fourth-order valence-corrected chi connectivity index (χ4v) is 3.46. The molecule has 26 heavy (non-hydrogen) atoms. The first kappa shape index (κ1) is 20.0. The number of aliphatic hydroxyl groups excluding tert-OH is 1. The van der Waals surface area contributed by atoms with Gasteiger partial charge in [0.15, 0.2) is 6.10 Å². The molecule has 0 saturated heterocycles. The van der Waals surface area contributed by atoms with Crippen molar-refractivity contribution in [1.82, 2.24) is 10.2 Å². The Morgan fingerprint density at radius 2 is 2.00 bits per heavy atom. The van der Waals surface area contributed by atoms with Gasteiger partial charge in [-0.15, -0.1) is 11.8 Å². The van der Waals surface area contributed by atoms with Crippen molar-refractivity contribution in [2.75, 3.05) is 6.54 Å². The van der Waals surface area contributed by atoms with Crippen molar-refractivity contribution in [2.45, 2.75) is 37.2 Å². The maximum absolute atomic E-state index is 12.3. The second kappa shape index (κ2) is 9.40. The van der Waals surface area contributed by atoms with Crippen LogP contribution >= 0.6 is 11.8 Å². The summed E-state index contributed by atoms with van der Waals surface area (Å²) in [6, 6.07) is 7.98. The largest absolute Gasteiger partial charge is 0.479 e. The van der Waals surface area contributed by atoms with Gasteiger partial charge in [-0.05, 0) is 23.8 Å². The molecule has 2 amide bonds. The Morgan fingerprint density at radius 3 is 2.62 bits per heavy atom. The molecule has 3 atom stereocenters. The van der Waals surface area contributed by atoms with Crippen molar-refractivity contribution in [3.63, 3.8) is 0 Å². The van der Waals surface area contributed by atoms with Crippen LogP contribution in [0.5, 0.6) is 0 Å². The fraction of sp³-hybridized carbons (Fsp3) is 0.389. The lowest BCUT2D eigenvalue weighted by Gasteiger charge is -2.27. The maximum Gasteiger partial charge on any atom is 0.334 e. The minimum absolute atomic E-state index is 0.159. The molecule has 1 aliphatic rings. The number of benzene rings is 1. The van der Waals surface area contributed by atoms with E-state index >= 15 is 0 Å². The molecule has 0 aliphatic carbocycles. The van der Waals surface area contributed by atoms with Gasteiger partial charge >= 0.3 is 5.97 Å². The highest BCUT2D eigenvalue weighted by molar-refractivity contribution is 8.03. The summed E-state index contributed by atoms with van der Waals surface area (Å²) >= 11 is 1.41. The minimum Gasteiger partial charge on any atom is -0.479 e. The second-order valence-corrected chi connectivity index (χ2v) is 7.04. The van der Waals surface area contributed by atoms with Gasteiger partial charge in [0, 0.05) is 6.20 Å². The van der Waals surface area contributed by atoms with Crippen LogP contribution < -0.4 is 5.32 Å². The first-order valence-corrected chi connectivity index (χ1v) is 9.23. The average molecular weight is 378 g/mol. The van der Waals surface area contributed by atoms with E-state index in [9.17, 15) is 19.5 Å². The van der Waals surface area contributed by atoms with E-state index in [-0.39, 0.29) is 24.1 Å². The van der Waals surface area contributed by atoms with E-state index < -0.39 is 24.0 Å². The third-order valence-corrected chi connectivity index (χ3v) is 5.15. The molecular weight excluding hydrogens is 356 g/mol. The summed E-state index contributed by atoms with van der Waals surface area (Å²) in [5.74, 6) is -2.10. The lowest BCUT2D eigenvalue weighted by atomic mass is 10.0. The number of hydrogen-bond donors (Lipinski definition) is 3. The molecule has 0 radical (unpaired) electrons. The Balaban J connectivity index is 2.03. The van der Waals surface area contributed by atoms with Crippen molar-refractivity contribution >= 4 is 29.5 Å². The highest BCUT2D eigenvalue weighted by Gasteiger charge is 2.30. The highest BCUT2D eigenvalue weighted by Crippen LogP contribution is 2.23. The predicted octanol–water partition coefficient (Wildman–Crippen LogP) is 0.985. The summed E-state index contributed by atoms with van der Waals surface area (Å²) in [4.78, 5) is 37.0. The van der Waals surface area contributed by atoms with E-state index in [1.54, 1.807) is 35.9 Å². The zero-order chi connectivity index (χ0) is 19.1. The van der Waals surface area contributed by atoms with Gasteiger partial charge < -0.3 is 20.4 Å². The molecule has 1 heterocycles. The number of carboxylic acid groups (broad SMARTS) is 1. The summed E-state index contributed by atoms with van der Waals surface area (Å²) in [6.45, 7) is 1.68. The first-order valence-electron chi connectivity index (χ1n) is 8.29. The van der Waals surface area contributed by atoms with Crippen LogP contribution in [0.2, 0.25) is 0 Å². The highest BCUT2D eigenvalue weighted by atomic mass is 32.2. The number of carbonyl (C=O) groups excluding carboxylic acids is 2.